The van der Waals surface area contributed by atoms with Crippen molar-refractivity contribution in [1.29, 1.82) is 0 Å². The lowest BCUT2D eigenvalue weighted by molar-refractivity contribution is 0.0133. The van der Waals surface area contributed by atoms with Crippen molar-refractivity contribution >= 4 is 68.1 Å². The summed E-state index contributed by atoms with van der Waals surface area (Å²) in [5.74, 6) is -0.173. The van der Waals surface area contributed by atoms with Crippen LogP contribution in [0.5, 0.6) is 11.5 Å². The summed E-state index contributed by atoms with van der Waals surface area (Å²) in [5.41, 5.74) is 9.91. The number of fused-ring (bicyclic) bond motifs is 4. The van der Waals surface area contributed by atoms with E-state index in [9.17, 15) is 19.5 Å². The summed E-state index contributed by atoms with van der Waals surface area (Å²) < 4.78 is 23.8. The highest BCUT2D eigenvalue weighted by atomic mass is 35.5. The molecule has 3 amide bonds. The summed E-state index contributed by atoms with van der Waals surface area (Å²) in [4.78, 5) is 43.9. The number of carbonyl (C=O) groups is 3. The number of anilines is 3. The third-order valence-electron chi connectivity index (χ3n) is 9.67. The van der Waals surface area contributed by atoms with Crippen molar-refractivity contribution in [1.82, 2.24) is 25.3 Å². The number of hydrogen-bond donors (Lipinski definition) is 5. The summed E-state index contributed by atoms with van der Waals surface area (Å²) >= 11 is 6.42. The number of aromatic nitrogens is 4. The number of amides is 3. The number of halogens is 1. The van der Waals surface area contributed by atoms with Gasteiger partial charge in [0.2, 0.25) is 0 Å². The van der Waals surface area contributed by atoms with Crippen LogP contribution in [0.15, 0.2) is 79.0 Å². The molecule has 4 aromatic carbocycles. The monoisotopic (exact) mass is 810 g/mol. The molecular weight excluding hydrogens is 768 g/mol. The molecule has 7 rings (SSSR count). The van der Waals surface area contributed by atoms with Crippen LogP contribution >= 0.6 is 11.6 Å². The fraction of sp³-hybridized carbons (Fsp3) is 0.293. The molecule has 0 radical (unpaired) electrons. The number of nitrogens with one attached hydrogen (secondary N) is 3. The maximum atomic E-state index is 14.0. The third kappa shape index (κ3) is 9.00. The van der Waals surface area contributed by atoms with Gasteiger partial charge >= 0.3 is 0 Å². The van der Waals surface area contributed by atoms with E-state index in [2.05, 4.69) is 25.9 Å². The SMILES string of the molecule is COc1cccc2c(O)cc3c(c12)C(CCl)CN3C(=O)c1cc2cc(NC(=O)c3cn(CCOCCOCCOCCNC(=O)c4ccc(N)cc4)nn3)ccc2[nH]1. The van der Waals surface area contributed by atoms with Gasteiger partial charge in [0.15, 0.2) is 5.69 Å². The summed E-state index contributed by atoms with van der Waals surface area (Å²) in [6.07, 6.45) is 1.54. The number of aromatic hydroxyl groups is 1. The van der Waals surface area contributed by atoms with Crippen LogP contribution in [0, 0.1) is 0 Å². The number of ether oxygens (including phenoxy) is 4. The summed E-state index contributed by atoms with van der Waals surface area (Å²) in [6.45, 7) is 3.30. The second kappa shape index (κ2) is 18.4. The van der Waals surface area contributed by atoms with Crippen LogP contribution in [0.2, 0.25) is 0 Å². The Morgan fingerprint density at radius 2 is 1.71 bits per heavy atom. The van der Waals surface area contributed by atoms with Gasteiger partial charge in [0.25, 0.3) is 17.7 Å². The molecule has 3 heterocycles. The molecule has 0 spiro atoms. The molecule has 302 valence electrons. The molecule has 0 saturated carbocycles. The normalized spacial score (nSPS) is 13.6. The van der Waals surface area contributed by atoms with E-state index in [1.165, 1.54) is 10.9 Å². The first kappa shape index (κ1) is 40.0. The number of alkyl halides is 1. The van der Waals surface area contributed by atoms with E-state index < -0.39 is 5.91 Å². The van der Waals surface area contributed by atoms with E-state index in [4.69, 9.17) is 36.3 Å². The maximum absolute atomic E-state index is 14.0. The zero-order valence-corrected chi connectivity index (χ0v) is 32.5. The third-order valence-corrected chi connectivity index (χ3v) is 10.0. The molecule has 58 heavy (non-hydrogen) atoms. The zero-order valence-electron chi connectivity index (χ0n) is 31.7. The first-order chi connectivity index (χ1) is 28.2. The van der Waals surface area contributed by atoms with Crippen LogP contribution in [-0.2, 0) is 20.8 Å². The van der Waals surface area contributed by atoms with Crippen molar-refractivity contribution < 1.29 is 38.4 Å². The highest BCUT2D eigenvalue weighted by Crippen LogP contribution is 2.48. The van der Waals surface area contributed by atoms with Gasteiger partial charge < -0.3 is 50.3 Å². The number of nitrogens with zero attached hydrogens (tertiary/aromatic N) is 4. The Morgan fingerprint density at radius 3 is 2.47 bits per heavy atom. The van der Waals surface area contributed by atoms with E-state index in [0.29, 0.717) is 110 Å². The fourth-order valence-corrected chi connectivity index (χ4v) is 7.07. The predicted octanol–water partition coefficient (Wildman–Crippen LogP) is 4.92. The lowest BCUT2D eigenvalue weighted by Crippen LogP contribution is -2.30. The Hall–Kier alpha value is -6.20. The molecule has 0 aliphatic carbocycles. The van der Waals surface area contributed by atoms with Crippen molar-refractivity contribution in [2.45, 2.75) is 12.5 Å². The van der Waals surface area contributed by atoms with Crippen LogP contribution in [0.25, 0.3) is 21.7 Å². The van der Waals surface area contributed by atoms with Crippen molar-refractivity contribution in [2.75, 3.05) is 81.7 Å². The van der Waals surface area contributed by atoms with Crippen LogP contribution in [0.1, 0.15) is 42.8 Å². The number of rotatable bonds is 18. The standard InChI is InChI=1S/C41H43ClN8O8/c1-55-36-4-2-3-30-35(51)21-34-37(38(30)36)27(22-42)23-50(34)41(54)32-20-26-19-29(9-10-31(26)46-32)45-40(53)33-24-49(48-47-33)12-14-57-16-18-58-17-15-56-13-11-44-39(52)25-5-7-28(43)8-6-25/h2-10,19-21,24,27,46,51H,11-18,22-23,43H2,1H3,(H,44,52)(H,45,53). The van der Waals surface area contributed by atoms with Gasteiger partial charge in [-0.2, -0.15) is 0 Å². The van der Waals surface area contributed by atoms with Crippen LogP contribution in [0.4, 0.5) is 17.1 Å². The van der Waals surface area contributed by atoms with Gasteiger partial charge in [-0.05, 0) is 60.2 Å². The molecule has 2 aromatic heterocycles. The average molecular weight is 811 g/mol. The molecule has 0 fully saturated rings. The molecule has 17 heteroatoms. The fourth-order valence-electron chi connectivity index (χ4n) is 6.82. The molecule has 1 atom stereocenters. The lowest BCUT2D eigenvalue weighted by Gasteiger charge is -2.18. The Morgan fingerprint density at radius 1 is 0.948 bits per heavy atom. The number of nitrogens with two attached hydrogens (primary N) is 1. The minimum absolute atomic E-state index is 0.0415. The maximum Gasteiger partial charge on any atom is 0.277 e. The van der Waals surface area contributed by atoms with E-state index in [0.717, 1.165) is 10.9 Å². The van der Waals surface area contributed by atoms with Gasteiger partial charge in [0.05, 0.1) is 65.2 Å². The largest absolute Gasteiger partial charge is 0.507 e. The molecule has 1 aliphatic heterocycles. The van der Waals surface area contributed by atoms with Gasteiger partial charge in [-0.1, -0.05) is 17.3 Å². The van der Waals surface area contributed by atoms with Gasteiger partial charge in [0, 0.05) is 69.6 Å². The summed E-state index contributed by atoms with van der Waals surface area (Å²) in [7, 11) is 1.57. The molecule has 1 aliphatic rings. The molecular formula is C41H43ClN8O8. The number of hydrogen-bond acceptors (Lipinski definition) is 11. The highest BCUT2D eigenvalue weighted by molar-refractivity contribution is 6.19. The number of phenolic OH excluding ortho intramolecular Hbond substituents is 1. The second-order valence-corrected chi connectivity index (χ2v) is 13.8. The Kier molecular flexibility index (Phi) is 12.7. The Bertz CT molecular complexity index is 2420. The number of H-pyrrole nitrogens is 1. The van der Waals surface area contributed by atoms with Crippen LogP contribution in [0.3, 0.4) is 0 Å². The molecule has 0 bridgehead atoms. The van der Waals surface area contributed by atoms with Crippen LogP contribution in [-0.4, -0.2) is 109 Å². The topological polar surface area (TPSA) is 208 Å². The number of carbonyl (C=O) groups excluding carboxylic acids is 3. The zero-order chi connectivity index (χ0) is 40.6. The highest BCUT2D eigenvalue weighted by Gasteiger charge is 2.36. The van der Waals surface area contributed by atoms with Crippen LogP contribution < -0.4 is 26.0 Å². The van der Waals surface area contributed by atoms with Crippen molar-refractivity contribution in [3.63, 3.8) is 0 Å². The Balaban J connectivity index is 0.840. The van der Waals surface area contributed by atoms with Crippen molar-refractivity contribution in [3.05, 3.63) is 102 Å². The van der Waals surface area contributed by atoms with Gasteiger partial charge in [-0.25, -0.2) is 4.68 Å². The van der Waals surface area contributed by atoms with E-state index in [1.54, 1.807) is 66.6 Å². The minimum Gasteiger partial charge on any atom is -0.507 e. The second-order valence-electron chi connectivity index (χ2n) is 13.5. The van der Waals surface area contributed by atoms with Crippen molar-refractivity contribution in [2.24, 2.45) is 0 Å². The number of methoxy groups -OCH3 is 1. The van der Waals surface area contributed by atoms with Gasteiger partial charge in [-0.15, -0.1) is 16.7 Å². The number of phenols is 1. The number of benzene rings is 4. The van der Waals surface area contributed by atoms with E-state index in [1.807, 2.05) is 18.2 Å². The molecule has 16 nitrogen and oxygen atoms in total. The summed E-state index contributed by atoms with van der Waals surface area (Å²) in [5, 5.41) is 26.7. The quantitative estimate of drug-likeness (QED) is 0.0447. The smallest absolute Gasteiger partial charge is 0.277 e. The lowest BCUT2D eigenvalue weighted by atomic mass is 9.94. The molecule has 6 aromatic rings. The Labute approximate surface area is 338 Å². The predicted molar refractivity (Wildman–Crippen MR) is 219 cm³/mol. The number of nitrogen functional groups attached to an aromatic ring is 1. The van der Waals surface area contributed by atoms with Gasteiger partial charge in [0.1, 0.15) is 17.2 Å². The molecule has 1 unspecified atom stereocenters. The molecule has 6 N–H and O–H groups in total. The summed E-state index contributed by atoms with van der Waals surface area (Å²) in [6, 6.07) is 20.7. The first-order valence-corrected chi connectivity index (χ1v) is 19.2. The minimum atomic E-state index is -0.443. The average Bonchev–Trinajstić information content (AvgIpc) is 3.98. The van der Waals surface area contributed by atoms with Crippen molar-refractivity contribution in [3.8, 4) is 11.5 Å². The van der Waals surface area contributed by atoms with E-state index >= 15 is 0 Å². The van der Waals surface area contributed by atoms with E-state index in [-0.39, 0.29) is 35.1 Å². The number of aromatic amines is 1. The first-order valence-electron chi connectivity index (χ1n) is 18.7. The molecule has 0 saturated heterocycles. The van der Waals surface area contributed by atoms with Gasteiger partial charge in [-0.3, -0.25) is 14.4 Å².